The number of hydrogen-bond acceptors (Lipinski definition) is 5. The van der Waals surface area contributed by atoms with Gasteiger partial charge in [-0.3, -0.25) is 9.69 Å². The molecule has 2 atom stereocenters. The predicted octanol–water partition coefficient (Wildman–Crippen LogP) is 1.86. The van der Waals surface area contributed by atoms with E-state index in [1.54, 1.807) is 39.2 Å². The highest BCUT2D eigenvalue weighted by molar-refractivity contribution is 7.10. The van der Waals surface area contributed by atoms with Gasteiger partial charge in [0.2, 0.25) is 11.9 Å². The number of thiophene rings is 1. The lowest BCUT2D eigenvalue weighted by molar-refractivity contribution is -0.134. The Balaban J connectivity index is 1.97. The molecule has 3 rings (SSSR count). The molecular weight excluding hydrogens is 340 g/mol. The Morgan fingerprint density at radius 3 is 2.76 bits per heavy atom. The van der Waals surface area contributed by atoms with Crippen molar-refractivity contribution in [1.82, 2.24) is 15.1 Å². The number of likely N-dealkylation sites (tertiary alicyclic amines) is 1. The summed E-state index contributed by atoms with van der Waals surface area (Å²) < 4.78 is 5.27. The Morgan fingerprint density at radius 2 is 2.16 bits per heavy atom. The normalized spacial score (nSPS) is 28.8. The van der Waals surface area contributed by atoms with Gasteiger partial charge < -0.3 is 15.0 Å². The van der Waals surface area contributed by atoms with Crippen LogP contribution in [0.5, 0.6) is 0 Å². The molecule has 2 aliphatic heterocycles. The van der Waals surface area contributed by atoms with Gasteiger partial charge in [0.25, 0.3) is 0 Å². The van der Waals surface area contributed by atoms with E-state index in [4.69, 9.17) is 4.74 Å². The molecule has 0 saturated carbocycles. The molecule has 0 bridgehead atoms. The molecule has 1 aromatic heterocycles. The maximum absolute atomic E-state index is 13.0. The van der Waals surface area contributed by atoms with Crippen molar-refractivity contribution in [3.8, 4) is 0 Å². The number of aliphatic imine (C=N–C) groups is 1. The van der Waals surface area contributed by atoms with Gasteiger partial charge in [0, 0.05) is 25.0 Å². The molecule has 0 radical (unpaired) electrons. The zero-order valence-corrected chi connectivity index (χ0v) is 16.0. The number of hydrogen-bond donors (Lipinski definition) is 1. The Morgan fingerprint density at radius 1 is 1.44 bits per heavy atom. The molecule has 7 nitrogen and oxygen atoms in total. The highest BCUT2D eigenvalue weighted by Gasteiger charge is 2.56. The Hall–Kier alpha value is -1.93. The van der Waals surface area contributed by atoms with Crippen LogP contribution in [0.15, 0.2) is 22.5 Å². The van der Waals surface area contributed by atoms with E-state index in [1.165, 1.54) is 4.90 Å². The highest BCUT2D eigenvalue weighted by atomic mass is 32.1. The number of nitrogens with one attached hydrogen (secondary N) is 1. The maximum Gasteiger partial charge on any atom is 0.437 e. The third-order valence-corrected chi connectivity index (χ3v) is 5.49. The second-order valence-corrected chi connectivity index (χ2v) is 8.58. The van der Waals surface area contributed by atoms with E-state index in [2.05, 4.69) is 15.2 Å². The summed E-state index contributed by atoms with van der Waals surface area (Å²) in [7, 11) is 3.63. The molecule has 1 aromatic rings. The van der Waals surface area contributed by atoms with Gasteiger partial charge in [0.15, 0.2) is 0 Å². The minimum absolute atomic E-state index is 0.0428. The van der Waals surface area contributed by atoms with E-state index in [-0.39, 0.29) is 17.8 Å². The van der Waals surface area contributed by atoms with Gasteiger partial charge in [-0.1, -0.05) is 6.07 Å². The molecule has 3 heterocycles. The van der Waals surface area contributed by atoms with Crippen LogP contribution in [-0.2, 0) is 15.1 Å². The fourth-order valence-electron chi connectivity index (χ4n) is 3.42. The predicted molar refractivity (Wildman–Crippen MR) is 96.6 cm³/mol. The van der Waals surface area contributed by atoms with Crippen LogP contribution < -0.4 is 5.32 Å². The lowest BCUT2D eigenvalue weighted by Crippen LogP contribution is -2.65. The summed E-state index contributed by atoms with van der Waals surface area (Å²) in [5, 5.41) is 5.38. The standard InChI is InChI=1S/C17H24N4O3S/c1-16(2,3)24-15(23)18-14-19-17(12-7-6-8-25-12)10-20(4)9-11(17)13(22)21(14)5/h6-8,11H,9-10H2,1-5H3,(H,18,19,23)/t11?,17-/m0/s1. The van der Waals surface area contributed by atoms with E-state index in [1.807, 2.05) is 24.6 Å². The smallest absolute Gasteiger partial charge is 0.437 e. The first kappa shape index (κ1) is 17.9. The summed E-state index contributed by atoms with van der Waals surface area (Å²) in [6.45, 7) is 6.68. The van der Waals surface area contributed by atoms with Crippen LogP contribution in [0.1, 0.15) is 25.6 Å². The van der Waals surface area contributed by atoms with Crippen molar-refractivity contribution in [2.24, 2.45) is 10.9 Å². The van der Waals surface area contributed by atoms with E-state index in [9.17, 15) is 9.59 Å². The van der Waals surface area contributed by atoms with Crippen molar-refractivity contribution >= 4 is 29.3 Å². The van der Waals surface area contributed by atoms with E-state index < -0.39 is 17.2 Å². The zero-order valence-electron chi connectivity index (χ0n) is 15.2. The van der Waals surface area contributed by atoms with Crippen molar-refractivity contribution in [3.63, 3.8) is 0 Å². The molecule has 25 heavy (non-hydrogen) atoms. The van der Waals surface area contributed by atoms with Gasteiger partial charge >= 0.3 is 6.09 Å². The average Bonchev–Trinajstić information content (AvgIpc) is 3.10. The second-order valence-electron chi connectivity index (χ2n) is 7.64. The van der Waals surface area contributed by atoms with Crippen LogP contribution in [0, 0.1) is 5.92 Å². The van der Waals surface area contributed by atoms with Crippen molar-refractivity contribution in [2.45, 2.75) is 31.9 Å². The fraction of sp³-hybridized carbons (Fsp3) is 0.588. The number of fused-ring (bicyclic) bond motifs is 1. The molecule has 8 heteroatoms. The molecule has 0 aliphatic carbocycles. The van der Waals surface area contributed by atoms with Crippen molar-refractivity contribution in [1.29, 1.82) is 0 Å². The summed E-state index contributed by atoms with van der Waals surface area (Å²) in [6.07, 6.45) is -0.708. The number of nitrogens with zero attached hydrogens (tertiary/aromatic N) is 3. The number of amides is 2. The quantitative estimate of drug-likeness (QED) is 0.823. The second kappa shape index (κ2) is 6.10. The lowest BCUT2D eigenvalue weighted by atomic mass is 9.83. The number of likely N-dealkylation sites (N-methyl/N-ethyl adjacent to an activating group) is 1. The van der Waals surface area contributed by atoms with E-state index >= 15 is 0 Å². The van der Waals surface area contributed by atoms with Gasteiger partial charge in [-0.15, -0.1) is 16.3 Å². The van der Waals surface area contributed by atoms with Crippen LogP contribution in [0.25, 0.3) is 0 Å². The molecule has 0 aromatic carbocycles. The van der Waals surface area contributed by atoms with Crippen molar-refractivity contribution in [2.75, 3.05) is 27.2 Å². The Bertz CT molecular complexity index is 710. The summed E-state index contributed by atoms with van der Waals surface area (Å²) in [5.74, 6) is -0.0308. The first-order chi connectivity index (χ1) is 11.6. The number of rotatable bonds is 1. The number of carbonyl (C=O) groups excluding carboxylic acids is 2. The highest BCUT2D eigenvalue weighted by Crippen LogP contribution is 2.41. The summed E-state index contributed by atoms with van der Waals surface area (Å²) in [5.41, 5.74) is -1.20. The van der Waals surface area contributed by atoms with Crippen molar-refractivity contribution < 1.29 is 14.3 Å². The minimum Gasteiger partial charge on any atom is -0.442 e. The summed E-state index contributed by atoms with van der Waals surface area (Å²) in [6, 6.07) is 3.99. The Labute approximate surface area is 151 Å². The number of carbonyl (C=O) groups is 2. The maximum atomic E-state index is 13.0. The molecule has 136 valence electrons. The van der Waals surface area contributed by atoms with Gasteiger partial charge in [-0.2, -0.15) is 0 Å². The SMILES string of the molecule is CN1CC2C(=O)N(C)/C(=N/C(=O)OC(C)(C)C)N[C@@]2(c2cccs2)C1. The van der Waals surface area contributed by atoms with Gasteiger partial charge in [-0.25, -0.2) is 4.79 Å². The number of guanidine groups is 1. The van der Waals surface area contributed by atoms with Crippen LogP contribution >= 0.6 is 11.3 Å². The molecule has 1 unspecified atom stereocenters. The van der Waals surface area contributed by atoms with Gasteiger partial charge in [-0.05, 0) is 39.3 Å². The first-order valence-corrected chi connectivity index (χ1v) is 9.10. The summed E-state index contributed by atoms with van der Waals surface area (Å²) in [4.78, 5) is 33.7. The van der Waals surface area contributed by atoms with Crippen molar-refractivity contribution in [3.05, 3.63) is 22.4 Å². The third kappa shape index (κ3) is 3.28. The Kier molecular flexibility index (Phi) is 4.36. The lowest BCUT2D eigenvalue weighted by Gasteiger charge is -2.43. The first-order valence-electron chi connectivity index (χ1n) is 8.22. The fourth-order valence-corrected chi connectivity index (χ4v) is 4.35. The van der Waals surface area contributed by atoms with Gasteiger partial charge in [0.05, 0.1) is 11.5 Å². The molecule has 2 amide bonds. The van der Waals surface area contributed by atoms with E-state index in [0.717, 1.165) is 4.88 Å². The summed E-state index contributed by atoms with van der Waals surface area (Å²) >= 11 is 1.60. The van der Waals surface area contributed by atoms with Crippen LogP contribution in [0.4, 0.5) is 4.79 Å². The van der Waals surface area contributed by atoms with E-state index in [0.29, 0.717) is 13.1 Å². The number of ether oxygens (including phenoxy) is 1. The zero-order chi connectivity index (χ0) is 18.4. The van der Waals surface area contributed by atoms with Gasteiger partial charge in [0.1, 0.15) is 5.60 Å². The topological polar surface area (TPSA) is 74.2 Å². The molecule has 2 fully saturated rings. The van der Waals surface area contributed by atoms with Crippen LogP contribution in [0.2, 0.25) is 0 Å². The minimum atomic E-state index is -0.708. The molecule has 0 spiro atoms. The third-order valence-electron chi connectivity index (χ3n) is 4.44. The molecule has 2 saturated heterocycles. The van der Waals surface area contributed by atoms with Crippen LogP contribution in [0.3, 0.4) is 0 Å². The average molecular weight is 364 g/mol. The molecule has 2 aliphatic rings. The monoisotopic (exact) mass is 364 g/mol. The molecule has 1 N–H and O–H groups in total. The molecular formula is C17H24N4O3S. The largest absolute Gasteiger partial charge is 0.442 e. The van der Waals surface area contributed by atoms with Crippen LogP contribution in [-0.4, -0.2) is 60.5 Å².